The van der Waals surface area contributed by atoms with Crippen molar-refractivity contribution in [2.45, 2.75) is 19.7 Å². The summed E-state index contributed by atoms with van der Waals surface area (Å²) in [5, 5.41) is 12.1. The number of hydrogen-bond donors (Lipinski definition) is 2. The summed E-state index contributed by atoms with van der Waals surface area (Å²) in [7, 11) is 0. The first-order valence-corrected chi connectivity index (χ1v) is 5.15. The van der Waals surface area contributed by atoms with Crippen molar-refractivity contribution in [3.63, 3.8) is 0 Å². The summed E-state index contributed by atoms with van der Waals surface area (Å²) in [6, 6.07) is 7.84. The molecule has 1 heterocycles. The van der Waals surface area contributed by atoms with Crippen LogP contribution in [0.4, 0.5) is 0 Å². The molecule has 0 aliphatic rings. The van der Waals surface area contributed by atoms with Gasteiger partial charge < -0.3 is 14.8 Å². The van der Waals surface area contributed by atoms with E-state index in [-0.39, 0.29) is 6.61 Å². The van der Waals surface area contributed by atoms with Crippen molar-refractivity contribution < 1.29 is 9.52 Å². The minimum atomic E-state index is 0.0891. The molecule has 1 aromatic carbocycles. The van der Waals surface area contributed by atoms with Crippen molar-refractivity contribution >= 4 is 0 Å². The second kappa shape index (κ2) is 5.44. The summed E-state index contributed by atoms with van der Waals surface area (Å²) in [5.41, 5.74) is 2.11. The molecule has 0 saturated carbocycles. The van der Waals surface area contributed by atoms with E-state index in [1.807, 2.05) is 24.3 Å². The summed E-state index contributed by atoms with van der Waals surface area (Å²) in [6.45, 7) is 1.53. The maximum atomic E-state index is 8.89. The number of benzene rings is 1. The van der Waals surface area contributed by atoms with Crippen molar-refractivity contribution in [2.75, 3.05) is 0 Å². The smallest absolute Gasteiger partial charge is 0.180 e. The molecule has 84 valence electrons. The van der Waals surface area contributed by atoms with Crippen LogP contribution in [0.15, 0.2) is 41.3 Å². The van der Waals surface area contributed by atoms with E-state index in [0.717, 1.165) is 17.9 Å². The Morgan fingerprint density at radius 3 is 2.50 bits per heavy atom. The second-order valence-corrected chi connectivity index (χ2v) is 3.55. The molecule has 4 nitrogen and oxygen atoms in total. The Morgan fingerprint density at radius 1 is 1.12 bits per heavy atom. The molecule has 2 aromatic rings. The van der Waals surface area contributed by atoms with Gasteiger partial charge in [0.05, 0.1) is 19.3 Å². The van der Waals surface area contributed by atoms with Gasteiger partial charge >= 0.3 is 0 Å². The zero-order valence-corrected chi connectivity index (χ0v) is 8.89. The number of aliphatic hydroxyl groups is 1. The Balaban J connectivity index is 1.81. The second-order valence-electron chi connectivity index (χ2n) is 3.55. The van der Waals surface area contributed by atoms with Gasteiger partial charge in [0.2, 0.25) is 0 Å². The molecule has 4 heteroatoms. The SMILES string of the molecule is OCc1ccc(CNCc2cnco2)cc1. The Bertz CT molecular complexity index is 409. The van der Waals surface area contributed by atoms with Gasteiger partial charge in [0.25, 0.3) is 0 Å². The third-order valence-electron chi connectivity index (χ3n) is 2.32. The molecule has 0 atom stereocenters. The van der Waals surface area contributed by atoms with Crippen LogP contribution in [0.1, 0.15) is 16.9 Å². The number of oxazole rings is 1. The first-order valence-electron chi connectivity index (χ1n) is 5.15. The van der Waals surface area contributed by atoms with Crippen LogP contribution in [0.5, 0.6) is 0 Å². The van der Waals surface area contributed by atoms with Gasteiger partial charge in [-0.1, -0.05) is 24.3 Å². The average Bonchev–Trinajstić information content (AvgIpc) is 2.83. The fourth-order valence-electron chi connectivity index (χ4n) is 1.42. The third-order valence-corrected chi connectivity index (χ3v) is 2.32. The fraction of sp³-hybridized carbons (Fsp3) is 0.250. The molecule has 0 amide bonds. The van der Waals surface area contributed by atoms with Gasteiger partial charge in [0.1, 0.15) is 5.76 Å². The quantitative estimate of drug-likeness (QED) is 0.797. The standard InChI is InChI=1S/C12H14N2O2/c15-8-11-3-1-10(2-4-11)5-13-6-12-7-14-9-16-12/h1-4,7,9,13,15H,5-6,8H2. The summed E-state index contributed by atoms with van der Waals surface area (Å²) < 4.78 is 5.10. The van der Waals surface area contributed by atoms with Crippen LogP contribution in [-0.2, 0) is 19.7 Å². The molecule has 0 spiro atoms. The summed E-state index contributed by atoms with van der Waals surface area (Å²) >= 11 is 0. The first-order chi connectivity index (χ1) is 7.88. The molecule has 1 aromatic heterocycles. The molecule has 0 aliphatic carbocycles. The Kier molecular flexibility index (Phi) is 3.69. The topological polar surface area (TPSA) is 58.3 Å². The summed E-state index contributed by atoms with van der Waals surface area (Å²) in [4.78, 5) is 3.84. The van der Waals surface area contributed by atoms with Crippen molar-refractivity contribution in [2.24, 2.45) is 0 Å². The molecular weight excluding hydrogens is 204 g/mol. The minimum absolute atomic E-state index is 0.0891. The van der Waals surface area contributed by atoms with E-state index < -0.39 is 0 Å². The maximum absolute atomic E-state index is 8.89. The van der Waals surface area contributed by atoms with E-state index in [9.17, 15) is 0 Å². The highest BCUT2D eigenvalue weighted by molar-refractivity contribution is 5.21. The molecule has 0 fully saturated rings. The highest BCUT2D eigenvalue weighted by Gasteiger charge is 1.97. The number of aromatic nitrogens is 1. The van der Waals surface area contributed by atoms with Crippen molar-refractivity contribution in [1.82, 2.24) is 10.3 Å². The van der Waals surface area contributed by atoms with E-state index in [1.54, 1.807) is 6.20 Å². The minimum Gasteiger partial charge on any atom is -0.447 e. The summed E-state index contributed by atoms with van der Waals surface area (Å²) in [6.07, 6.45) is 3.12. The largest absolute Gasteiger partial charge is 0.447 e. The molecule has 2 N–H and O–H groups in total. The molecule has 0 unspecified atom stereocenters. The Morgan fingerprint density at radius 2 is 1.88 bits per heavy atom. The van der Waals surface area contributed by atoms with Gasteiger partial charge in [-0.3, -0.25) is 0 Å². The molecule has 16 heavy (non-hydrogen) atoms. The number of aliphatic hydroxyl groups excluding tert-OH is 1. The van der Waals surface area contributed by atoms with Crippen LogP contribution in [0.3, 0.4) is 0 Å². The number of nitrogens with one attached hydrogen (secondary N) is 1. The Labute approximate surface area is 93.9 Å². The average molecular weight is 218 g/mol. The molecule has 2 rings (SSSR count). The number of hydrogen-bond acceptors (Lipinski definition) is 4. The lowest BCUT2D eigenvalue weighted by molar-refractivity contribution is 0.282. The van der Waals surface area contributed by atoms with E-state index in [2.05, 4.69) is 10.3 Å². The first kappa shape index (κ1) is 10.9. The van der Waals surface area contributed by atoms with E-state index in [1.165, 1.54) is 12.0 Å². The van der Waals surface area contributed by atoms with Crippen molar-refractivity contribution in [3.8, 4) is 0 Å². The molecule has 0 aliphatic heterocycles. The van der Waals surface area contributed by atoms with Gasteiger partial charge in [-0.15, -0.1) is 0 Å². The molecular formula is C12H14N2O2. The van der Waals surface area contributed by atoms with Gasteiger partial charge in [-0.05, 0) is 11.1 Å². The van der Waals surface area contributed by atoms with E-state index in [4.69, 9.17) is 9.52 Å². The van der Waals surface area contributed by atoms with Gasteiger partial charge in [-0.2, -0.15) is 0 Å². The lowest BCUT2D eigenvalue weighted by Gasteiger charge is -2.03. The zero-order chi connectivity index (χ0) is 11.2. The molecule has 0 radical (unpaired) electrons. The predicted molar refractivity (Wildman–Crippen MR) is 59.4 cm³/mol. The number of rotatable bonds is 5. The van der Waals surface area contributed by atoms with E-state index >= 15 is 0 Å². The van der Waals surface area contributed by atoms with Gasteiger partial charge in [0, 0.05) is 6.54 Å². The lowest BCUT2D eigenvalue weighted by Crippen LogP contribution is -2.12. The third kappa shape index (κ3) is 2.92. The van der Waals surface area contributed by atoms with Crippen LogP contribution < -0.4 is 5.32 Å². The number of nitrogens with zero attached hydrogens (tertiary/aromatic N) is 1. The van der Waals surface area contributed by atoms with Crippen LogP contribution in [0.2, 0.25) is 0 Å². The monoisotopic (exact) mass is 218 g/mol. The van der Waals surface area contributed by atoms with Crippen molar-refractivity contribution in [3.05, 3.63) is 53.7 Å². The van der Waals surface area contributed by atoms with Crippen molar-refractivity contribution in [1.29, 1.82) is 0 Å². The van der Waals surface area contributed by atoms with E-state index in [0.29, 0.717) is 6.54 Å². The maximum Gasteiger partial charge on any atom is 0.180 e. The molecule has 0 bridgehead atoms. The predicted octanol–water partition coefficient (Wildman–Crippen LogP) is 1.46. The zero-order valence-electron chi connectivity index (χ0n) is 8.89. The lowest BCUT2D eigenvalue weighted by atomic mass is 10.1. The normalized spacial score (nSPS) is 10.6. The van der Waals surface area contributed by atoms with Crippen LogP contribution in [-0.4, -0.2) is 10.1 Å². The van der Waals surface area contributed by atoms with Gasteiger partial charge in [-0.25, -0.2) is 4.98 Å². The summed E-state index contributed by atoms with van der Waals surface area (Å²) in [5.74, 6) is 0.826. The van der Waals surface area contributed by atoms with Gasteiger partial charge in [0.15, 0.2) is 6.39 Å². The van der Waals surface area contributed by atoms with Crippen LogP contribution in [0, 0.1) is 0 Å². The Hall–Kier alpha value is -1.65. The van der Waals surface area contributed by atoms with Crippen LogP contribution >= 0.6 is 0 Å². The fourth-order valence-corrected chi connectivity index (χ4v) is 1.42. The molecule has 0 saturated heterocycles. The highest BCUT2D eigenvalue weighted by atomic mass is 16.3. The van der Waals surface area contributed by atoms with Crippen LogP contribution in [0.25, 0.3) is 0 Å². The highest BCUT2D eigenvalue weighted by Crippen LogP contribution is 2.04.